The predicted octanol–water partition coefficient (Wildman–Crippen LogP) is 2.27. The van der Waals surface area contributed by atoms with Crippen LogP contribution in [-0.4, -0.2) is 12.3 Å². The van der Waals surface area contributed by atoms with Gasteiger partial charge in [-0.3, -0.25) is 4.99 Å². The van der Waals surface area contributed by atoms with E-state index in [9.17, 15) is 0 Å². The standard InChI is InChI=1S/C8H15N/c1-8(2,3)7-5-4-6-9-7/h6-7H,4-5H2,1-3H3/t7-/m0/s1. The quantitative estimate of drug-likeness (QED) is 0.471. The summed E-state index contributed by atoms with van der Waals surface area (Å²) in [5.74, 6) is 0. The fourth-order valence-electron chi connectivity index (χ4n) is 1.17. The van der Waals surface area contributed by atoms with Crippen LogP contribution < -0.4 is 0 Å². The second kappa shape index (κ2) is 2.13. The van der Waals surface area contributed by atoms with Gasteiger partial charge in [-0.15, -0.1) is 0 Å². The van der Waals surface area contributed by atoms with Gasteiger partial charge in [0.15, 0.2) is 0 Å². The summed E-state index contributed by atoms with van der Waals surface area (Å²) in [6, 6.07) is 0.581. The first-order valence-electron chi connectivity index (χ1n) is 3.62. The number of hydrogen-bond acceptors (Lipinski definition) is 1. The first kappa shape index (κ1) is 6.79. The van der Waals surface area contributed by atoms with E-state index in [1.165, 1.54) is 12.8 Å². The van der Waals surface area contributed by atoms with Gasteiger partial charge in [0, 0.05) is 0 Å². The van der Waals surface area contributed by atoms with Gasteiger partial charge in [-0.2, -0.15) is 0 Å². The van der Waals surface area contributed by atoms with Gasteiger partial charge in [-0.1, -0.05) is 20.8 Å². The van der Waals surface area contributed by atoms with Gasteiger partial charge in [-0.05, 0) is 24.5 Å². The van der Waals surface area contributed by atoms with E-state index in [0.717, 1.165) is 0 Å². The summed E-state index contributed by atoms with van der Waals surface area (Å²) in [7, 11) is 0. The van der Waals surface area contributed by atoms with Crippen molar-refractivity contribution in [2.24, 2.45) is 10.4 Å². The van der Waals surface area contributed by atoms with E-state index in [1.807, 2.05) is 0 Å². The molecule has 1 heterocycles. The molecule has 1 heteroatoms. The van der Waals surface area contributed by atoms with Crippen molar-refractivity contribution in [1.29, 1.82) is 0 Å². The molecular formula is C8H15N. The molecule has 0 unspecified atom stereocenters. The van der Waals surface area contributed by atoms with Crippen LogP contribution in [-0.2, 0) is 0 Å². The third-order valence-corrected chi connectivity index (χ3v) is 1.85. The minimum atomic E-state index is 0.382. The molecule has 1 rings (SSSR count). The smallest absolute Gasteiger partial charge is 0.0547 e. The highest BCUT2D eigenvalue weighted by atomic mass is 14.8. The Kier molecular flexibility index (Phi) is 1.60. The first-order chi connectivity index (χ1) is 4.11. The van der Waals surface area contributed by atoms with Crippen molar-refractivity contribution in [2.45, 2.75) is 39.7 Å². The zero-order valence-electron chi connectivity index (χ0n) is 6.52. The molecule has 1 aliphatic rings. The average molecular weight is 125 g/mol. The molecule has 0 amide bonds. The van der Waals surface area contributed by atoms with Crippen LogP contribution in [0.15, 0.2) is 4.99 Å². The van der Waals surface area contributed by atoms with Crippen LogP contribution in [0.4, 0.5) is 0 Å². The zero-order chi connectivity index (χ0) is 6.91. The topological polar surface area (TPSA) is 12.4 Å². The second-order valence-electron chi connectivity index (χ2n) is 3.79. The van der Waals surface area contributed by atoms with Crippen molar-refractivity contribution in [3.05, 3.63) is 0 Å². The third-order valence-electron chi connectivity index (χ3n) is 1.85. The van der Waals surface area contributed by atoms with Crippen molar-refractivity contribution >= 4 is 6.21 Å². The van der Waals surface area contributed by atoms with Gasteiger partial charge >= 0.3 is 0 Å². The van der Waals surface area contributed by atoms with Crippen LogP contribution in [0.3, 0.4) is 0 Å². The maximum absolute atomic E-state index is 4.38. The molecule has 0 radical (unpaired) electrons. The van der Waals surface area contributed by atoms with Crippen molar-refractivity contribution < 1.29 is 0 Å². The normalized spacial score (nSPS) is 27.2. The van der Waals surface area contributed by atoms with Gasteiger partial charge < -0.3 is 0 Å². The van der Waals surface area contributed by atoms with Gasteiger partial charge in [0.25, 0.3) is 0 Å². The molecule has 0 fully saturated rings. The van der Waals surface area contributed by atoms with Gasteiger partial charge in [-0.25, -0.2) is 0 Å². The van der Waals surface area contributed by atoms with Crippen molar-refractivity contribution in [1.82, 2.24) is 0 Å². The van der Waals surface area contributed by atoms with Crippen LogP contribution in [0.2, 0.25) is 0 Å². The van der Waals surface area contributed by atoms with Crippen LogP contribution in [0.1, 0.15) is 33.6 Å². The first-order valence-corrected chi connectivity index (χ1v) is 3.62. The minimum Gasteiger partial charge on any atom is -0.294 e. The van der Waals surface area contributed by atoms with Crippen molar-refractivity contribution in [3.8, 4) is 0 Å². The van der Waals surface area contributed by atoms with Crippen LogP contribution in [0.5, 0.6) is 0 Å². The Morgan fingerprint density at radius 2 is 2.11 bits per heavy atom. The molecule has 1 nitrogen and oxygen atoms in total. The van der Waals surface area contributed by atoms with E-state index in [4.69, 9.17) is 0 Å². The molecule has 0 saturated carbocycles. The second-order valence-corrected chi connectivity index (χ2v) is 3.79. The lowest BCUT2D eigenvalue weighted by Crippen LogP contribution is -2.21. The summed E-state index contributed by atoms with van der Waals surface area (Å²) < 4.78 is 0. The molecular weight excluding hydrogens is 110 g/mol. The lowest BCUT2D eigenvalue weighted by molar-refractivity contribution is 0.322. The molecule has 0 spiro atoms. The molecule has 1 aliphatic heterocycles. The van der Waals surface area contributed by atoms with Gasteiger partial charge in [0.05, 0.1) is 6.04 Å². The van der Waals surface area contributed by atoms with E-state index >= 15 is 0 Å². The zero-order valence-corrected chi connectivity index (χ0v) is 6.52. The Bertz CT molecular complexity index is 119. The van der Waals surface area contributed by atoms with E-state index in [1.54, 1.807) is 0 Å². The molecule has 0 N–H and O–H groups in total. The summed E-state index contributed by atoms with van der Waals surface area (Å²) in [4.78, 5) is 4.38. The van der Waals surface area contributed by atoms with E-state index < -0.39 is 0 Å². The summed E-state index contributed by atoms with van der Waals surface area (Å²) in [6.07, 6.45) is 4.49. The minimum absolute atomic E-state index is 0.382. The highest BCUT2D eigenvalue weighted by Gasteiger charge is 2.24. The lowest BCUT2D eigenvalue weighted by atomic mass is 9.86. The van der Waals surface area contributed by atoms with E-state index in [0.29, 0.717) is 11.5 Å². The molecule has 0 saturated heterocycles. The monoisotopic (exact) mass is 125 g/mol. The summed E-state index contributed by atoms with van der Waals surface area (Å²) in [6.45, 7) is 6.75. The van der Waals surface area contributed by atoms with Crippen LogP contribution in [0.25, 0.3) is 0 Å². The average Bonchev–Trinajstić information content (AvgIpc) is 2.08. The highest BCUT2D eigenvalue weighted by molar-refractivity contribution is 5.59. The maximum atomic E-state index is 4.38. The van der Waals surface area contributed by atoms with Crippen LogP contribution in [0, 0.1) is 5.41 Å². The largest absolute Gasteiger partial charge is 0.294 e. The predicted molar refractivity (Wildman–Crippen MR) is 41.0 cm³/mol. The molecule has 0 aromatic carbocycles. The lowest BCUT2D eigenvalue weighted by Gasteiger charge is -2.23. The fourth-order valence-corrected chi connectivity index (χ4v) is 1.17. The molecule has 0 aromatic heterocycles. The SMILES string of the molecule is CC(C)(C)[C@@H]1CCC=N1. The number of nitrogens with zero attached hydrogens (tertiary/aromatic N) is 1. The van der Waals surface area contributed by atoms with Crippen molar-refractivity contribution in [3.63, 3.8) is 0 Å². The Morgan fingerprint density at radius 3 is 2.33 bits per heavy atom. The molecule has 0 aliphatic carbocycles. The molecule has 0 bridgehead atoms. The molecule has 1 atom stereocenters. The molecule has 9 heavy (non-hydrogen) atoms. The maximum Gasteiger partial charge on any atom is 0.0547 e. The Hall–Kier alpha value is -0.330. The fraction of sp³-hybridized carbons (Fsp3) is 0.875. The van der Waals surface area contributed by atoms with Crippen molar-refractivity contribution in [2.75, 3.05) is 0 Å². The van der Waals surface area contributed by atoms with Gasteiger partial charge in [0.2, 0.25) is 0 Å². The van der Waals surface area contributed by atoms with Gasteiger partial charge in [0.1, 0.15) is 0 Å². The third kappa shape index (κ3) is 1.54. The van der Waals surface area contributed by atoms with E-state index in [-0.39, 0.29) is 0 Å². The number of hydrogen-bond donors (Lipinski definition) is 0. The summed E-state index contributed by atoms with van der Waals surface area (Å²) >= 11 is 0. The van der Waals surface area contributed by atoms with E-state index in [2.05, 4.69) is 32.0 Å². The molecule has 52 valence electrons. The summed E-state index contributed by atoms with van der Waals surface area (Å²) in [5.41, 5.74) is 0.382. The highest BCUT2D eigenvalue weighted by Crippen LogP contribution is 2.27. The Morgan fingerprint density at radius 1 is 1.44 bits per heavy atom. The Labute approximate surface area is 57.2 Å². The van der Waals surface area contributed by atoms with Crippen LogP contribution >= 0.6 is 0 Å². The summed E-state index contributed by atoms with van der Waals surface area (Å²) in [5, 5.41) is 0. The number of aliphatic imine (C=N–C) groups is 1. The molecule has 0 aromatic rings. The Balaban J connectivity index is 2.53. The number of rotatable bonds is 0.